The first-order chi connectivity index (χ1) is 8.61. The van der Waals surface area contributed by atoms with E-state index in [1.165, 1.54) is 0 Å². The molecule has 2 heterocycles. The molecule has 0 fully saturated rings. The maximum absolute atomic E-state index is 4.51. The molecule has 18 heavy (non-hydrogen) atoms. The number of aromatic nitrogens is 3. The molecule has 2 aromatic rings. The Morgan fingerprint density at radius 3 is 2.72 bits per heavy atom. The number of hydrogen-bond donors (Lipinski definition) is 1. The number of nitrogens with zero attached hydrogens (tertiary/aromatic N) is 4. The molecule has 6 heteroatoms. The predicted molar refractivity (Wildman–Crippen MR) is 75.3 cm³/mol. The van der Waals surface area contributed by atoms with Crippen LogP contribution in [0, 0.1) is 13.8 Å². The first-order valence-electron chi connectivity index (χ1n) is 5.73. The molecule has 2 aromatic heterocycles. The Labute approximate surface area is 111 Å². The van der Waals surface area contributed by atoms with Crippen molar-refractivity contribution in [3.8, 4) is 0 Å². The van der Waals surface area contributed by atoms with Crippen LogP contribution in [0.25, 0.3) is 0 Å². The summed E-state index contributed by atoms with van der Waals surface area (Å²) in [4.78, 5) is 15.3. The second kappa shape index (κ2) is 5.30. The third-order valence-electron chi connectivity index (χ3n) is 2.71. The number of rotatable bonds is 4. The molecule has 0 aliphatic carbocycles. The van der Waals surface area contributed by atoms with Crippen molar-refractivity contribution in [1.29, 1.82) is 0 Å². The highest BCUT2D eigenvalue weighted by molar-refractivity contribution is 7.07. The Morgan fingerprint density at radius 1 is 1.33 bits per heavy atom. The SMILES string of the molecule is CNc1nc(C)nc(N(C)Cc2cscn2)c1C. The number of aryl methyl sites for hydroxylation is 1. The smallest absolute Gasteiger partial charge is 0.137 e. The Bertz CT molecular complexity index is 524. The summed E-state index contributed by atoms with van der Waals surface area (Å²) in [5, 5.41) is 5.15. The van der Waals surface area contributed by atoms with Crippen molar-refractivity contribution in [2.24, 2.45) is 0 Å². The van der Waals surface area contributed by atoms with E-state index >= 15 is 0 Å². The maximum Gasteiger partial charge on any atom is 0.137 e. The molecule has 0 bridgehead atoms. The van der Waals surface area contributed by atoms with Crippen LogP contribution in [0.4, 0.5) is 11.6 Å². The molecule has 0 saturated carbocycles. The predicted octanol–water partition coefficient (Wildman–Crippen LogP) is 2.23. The molecular weight excluding hydrogens is 246 g/mol. The zero-order valence-electron chi connectivity index (χ0n) is 11.1. The molecule has 0 spiro atoms. The fraction of sp³-hybridized carbons (Fsp3) is 0.417. The van der Waals surface area contributed by atoms with Crippen molar-refractivity contribution < 1.29 is 0 Å². The van der Waals surface area contributed by atoms with Crippen LogP contribution in [0.1, 0.15) is 17.1 Å². The number of nitrogens with one attached hydrogen (secondary N) is 1. The summed E-state index contributed by atoms with van der Waals surface area (Å²) in [6, 6.07) is 0. The molecule has 0 amide bonds. The summed E-state index contributed by atoms with van der Waals surface area (Å²) in [7, 11) is 3.90. The first kappa shape index (κ1) is 12.8. The van der Waals surface area contributed by atoms with E-state index in [9.17, 15) is 0 Å². The van der Waals surface area contributed by atoms with E-state index in [1.54, 1.807) is 11.3 Å². The quantitative estimate of drug-likeness (QED) is 0.916. The van der Waals surface area contributed by atoms with E-state index in [1.807, 2.05) is 33.5 Å². The van der Waals surface area contributed by atoms with Gasteiger partial charge >= 0.3 is 0 Å². The Balaban J connectivity index is 2.29. The van der Waals surface area contributed by atoms with Gasteiger partial charge in [-0.2, -0.15) is 0 Å². The van der Waals surface area contributed by atoms with Crippen LogP contribution in [-0.2, 0) is 6.54 Å². The lowest BCUT2D eigenvalue weighted by Gasteiger charge is -2.20. The second-order valence-corrected chi connectivity index (χ2v) is 4.87. The number of hydrogen-bond acceptors (Lipinski definition) is 6. The van der Waals surface area contributed by atoms with E-state index < -0.39 is 0 Å². The Morgan fingerprint density at radius 2 is 2.11 bits per heavy atom. The average molecular weight is 263 g/mol. The van der Waals surface area contributed by atoms with E-state index in [0.717, 1.165) is 35.3 Å². The lowest BCUT2D eigenvalue weighted by atomic mass is 10.2. The summed E-state index contributed by atoms with van der Waals surface area (Å²) >= 11 is 1.61. The molecule has 0 atom stereocenters. The molecule has 1 N–H and O–H groups in total. The van der Waals surface area contributed by atoms with Gasteiger partial charge in [-0.15, -0.1) is 11.3 Å². The summed E-state index contributed by atoms with van der Waals surface area (Å²) in [5.41, 5.74) is 3.96. The van der Waals surface area contributed by atoms with E-state index in [0.29, 0.717) is 0 Å². The standard InChI is InChI=1S/C12H17N5S/c1-8-11(13-3)15-9(2)16-12(8)17(4)5-10-6-18-7-14-10/h6-7H,5H2,1-4H3,(H,13,15,16). The third kappa shape index (κ3) is 2.59. The molecule has 0 aliphatic heterocycles. The maximum atomic E-state index is 4.51. The molecule has 0 unspecified atom stereocenters. The third-order valence-corrected chi connectivity index (χ3v) is 3.35. The van der Waals surface area contributed by atoms with Crippen LogP contribution in [0.15, 0.2) is 10.9 Å². The van der Waals surface area contributed by atoms with Gasteiger partial charge in [0.2, 0.25) is 0 Å². The molecule has 2 rings (SSSR count). The fourth-order valence-corrected chi connectivity index (χ4v) is 2.41. The number of thiazole rings is 1. The van der Waals surface area contributed by atoms with E-state index in [4.69, 9.17) is 0 Å². The van der Waals surface area contributed by atoms with Gasteiger partial charge in [0.15, 0.2) is 0 Å². The summed E-state index contributed by atoms with van der Waals surface area (Å²) in [5.74, 6) is 2.59. The van der Waals surface area contributed by atoms with Gasteiger partial charge in [0.05, 0.1) is 17.7 Å². The van der Waals surface area contributed by atoms with Gasteiger partial charge in [-0.1, -0.05) is 0 Å². The zero-order valence-corrected chi connectivity index (χ0v) is 11.9. The normalized spacial score (nSPS) is 10.4. The van der Waals surface area contributed by atoms with Crippen molar-refractivity contribution in [3.05, 3.63) is 28.0 Å². The highest BCUT2D eigenvalue weighted by atomic mass is 32.1. The summed E-state index contributed by atoms with van der Waals surface area (Å²) in [6.07, 6.45) is 0. The molecule has 96 valence electrons. The lowest BCUT2D eigenvalue weighted by molar-refractivity contribution is 0.852. The fourth-order valence-electron chi connectivity index (χ4n) is 1.86. The molecule has 0 radical (unpaired) electrons. The van der Waals surface area contributed by atoms with Crippen molar-refractivity contribution in [2.75, 3.05) is 24.3 Å². The van der Waals surface area contributed by atoms with E-state index in [2.05, 4.69) is 30.5 Å². The lowest BCUT2D eigenvalue weighted by Crippen LogP contribution is -2.20. The van der Waals surface area contributed by atoms with Crippen LogP contribution in [0.3, 0.4) is 0 Å². The highest BCUT2D eigenvalue weighted by Gasteiger charge is 2.12. The molecule has 5 nitrogen and oxygen atoms in total. The molecule has 0 aliphatic rings. The summed E-state index contributed by atoms with van der Waals surface area (Å²) in [6.45, 7) is 4.68. The van der Waals surface area contributed by atoms with Gasteiger partial charge in [0.1, 0.15) is 17.5 Å². The minimum atomic E-state index is 0.754. The Kier molecular flexibility index (Phi) is 3.76. The topological polar surface area (TPSA) is 53.9 Å². The van der Waals surface area contributed by atoms with Crippen molar-refractivity contribution >= 4 is 23.0 Å². The van der Waals surface area contributed by atoms with Crippen LogP contribution in [0.5, 0.6) is 0 Å². The van der Waals surface area contributed by atoms with E-state index in [-0.39, 0.29) is 0 Å². The minimum Gasteiger partial charge on any atom is -0.373 e. The van der Waals surface area contributed by atoms with Crippen molar-refractivity contribution in [1.82, 2.24) is 15.0 Å². The first-order valence-corrected chi connectivity index (χ1v) is 6.67. The number of anilines is 2. The van der Waals surface area contributed by atoms with Gasteiger partial charge in [-0.25, -0.2) is 15.0 Å². The molecule has 0 aromatic carbocycles. The van der Waals surface area contributed by atoms with Gasteiger partial charge in [-0.05, 0) is 13.8 Å². The highest BCUT2D eigenvalue weighted by Crippen LogP contribution is 2.23. The molecule has 0 saturated heterocycles. The van der Waals surface area contributed by atoms with Crippen LogP contribution in [-0.4, -0.2) is 29.0 Å². The minimum absolute atomic E-state index is 0.754. The van der Waals surface area contributed by atoms with Gasteiger partial charge in [-0.3, -0.25) is 0 Å². The average Bonchev–Trinajstić information content (AvgIpc) is 2.84. The van der Waals surface area contributed by atoms with Crippen LogP contribution >= 0.6 is 11.3 Å². The monoisotopic (exact) mass is 263 g/mol. The summed E-state index contributed by atoms with van der Waals surface area (Å²) < 4.78 is 0. The van der Waals surface area contributed by atoms with Gasteiger partial charge in [0, 0.05) is 25.0 Å². The van der Waals surface area contributed by atoms with Crippen LogP contribution in [0.2, 0.25) is 0 Å². The van der Waals surface area contributed by atoms with Gasteiger partial charge in [0.25, 0.3) is 0 Å². The second-order valence-electron chi connectivity index (χ2n) is 4.15. The largest absolute Gasteiger partial charge is 0.373 e. The van der Waals surface area contributed by atoms with Crippen LogP contribution < -0.4 is 10.2 Å². The zero-order chi connectivity index (χ0) is 13.1. The van der Waals surface area contributed by atoms with Crippen molar-refractivity contribution in [3.63, 3.8) is 0 Å². The van der Waals surface area contributed by atoms with Crippen molar-refractivity contribution in [2.45, 2.75) is 20.4 Å². The van der Waals surface area contributed by atoms with Gasteiger partial charge < -0.3 is 10.2 Å². The Hall–Kier alpha value is -1.69. The molecular formula is C12H17N5S.